The average Bonchev–Trinajstić information content (AvgIpc) is 3.42. The summed E-state index contributed by atoms with van der Waals surface area (Å²) in [6.07, 6.45) is 4.91. The average molecular weight is 407 g/mol. The molecule has 30 heavy (non-hydrogen) atoms. The van der Waals surface area contributed by atoms with E-state index in [0.717, 1.165) is 18.4 Å². The van der Waals surface area contributed by atoms with Crippen molar-refractivity contribution < 1.29 is 14.0 Å². The fraction of sp³-hybridized carbons (Fsp3) is 0.318. The van der Waals surface area contributed by atoms with Gasteiger partial charge in [-0.05, 0) is 30.5 Å². The molecule has 156 valence electrons. The van der Waals surface area contributed by atoms with Crippen LogP contribution in [0.5, 0.6) is 0 Å². The molecule has 3 N–H and O–H groups in total. The molecule has 2 aromatic heterocycles. The number of carbonyl (C=O) groups is 2. The Morgan fingerprint density at radius 1 is 1.23 bits per heavy atom. The molecule has 8 heteroatoms. The van der Waals surface area contributed by atoms with E-state index in [0.29, 0.717) is 30.1 Å². The number of primary amides is 1. The number of nitrogens with zero attached hydrogens (tertiary/aromatic N) is 3. The fourth-order valence-corrected chi connectivity index (χ4v) is 4.02. The summed E-state index contributed by atoms with van der Waals surface area (Å²) < 4.78 is 7.17. The van der Waals surface area contributed by atoms with E-state index in [-0.39, 0.29) is 18.0 Å². The van der Waals surface area contributed by atoms with Crippen molar-refractivity contribution in [1.82, 2.24) is 20.0 Å². The number of nitrogens with one attached hydrogen (secondary N) is 1. The highest BCUT2D eigenvalue weighted by atomic mass is 16.3. The molecule has 3 amide bonds. The van der Waals surface area contributed by atoms with Gasteiger partial charge in [0.2, 0.25) is 0 Å². The van der Waals surface area contributed by atoms with Crippen LogP contribution in [0.2, 0.25) is 0 Å². The van der Waals surface area contributed by atoms with Gasteiger partial charge in [0.1, 0.15) is 11.8 Å². The van der Waals surface area contributed by atoms with E-state index in [1.165, 1.54) is 0 Å². The third-order valence-electron chi connectivity index (χ3n) is 5.45. The Hall–Kier alpha value is -3.55. The molecular formula is C22H25N5O3. The van der Waals surface area contributed by atoms with Gasteiger partial charge < -0.3 is 20.4 Å². The van der Waals surface area contributed by atoms with Crippen molar-refractivity contribution in [1.29, 1.82) is 0 Å². The maximum atomic E-state index is 13.1. The number of aryl methyl sites for hydroxylation is 1. The first-order valence-corrected chi connectivity index (χ1v) is 10.00. The summed E-state index contributed by atoms with van der Waals surface area (Å²) in [5.41, 5.74) is 7.54. The molecule has 0 unspecified atom stereocenters. The third kappa shape index (κ3) is 4.07. The Labute approximate surface area is 174 Å². The van der Waals surface area contributed by atoms with Crippen molar-refractivity contribution in [3.05, 3.63) is 77.5 Å². The van der Waals surface area contributed by atoms with Gasteiger partial charge in [0.15, 0.2) is 0 Å². The van der Waals surface area contributed by atoms with E-state index in [4.69, 9.17) is 10.2 Å². The molecule has 8 nitrogen and oxygen atoms in total. The SMILES string of the molecule is Cn1cc(C(N)=O)c([C@H]2CCCN(C(=O)N[C@@H](c3ccccc3)c3ccco3)C2)n1. The quantitative estimate of drug-likeness (QED) is 0.678. The molecule has 1 aromatic carbocycles. The summed E-state index contributed by atoms with van der Waals surface area (Å²) in [6, 6.07) is 12.8. The Bertz CT molecular complexity index is 1010. The number of nitrogens with two attached hydrogens (primary N) is 1. The number of hydrogen-bond acceptors (Lipinski definition) is 4. The second-order valence-corrected chi connectivity index (χ2v) is 7.56. The molecule has 0 bridgehead atoms. The van der Waals surface area contributed by atoms with Crippen molar-refractivity contribution in [2.75, 3.05) is 13.1 Å². The summed E-state index contributed by atoms with van der Waals surface area (Å²) in [5, 5.41) is 7.54. The standard InChI is InChI=1S/C22H25N5O3/c1-26-14-17(21(23)28)19(25-26)16-9-5-11-27(13-16)22(29)24-20(18-10-6-12-30-18)15-7-3-2-4-8-15/h2-4,6-8,10,12,14,16,20H,5,9,11,13H2,1H3,(H2,23,28)(H,24,29)/t16-,20-/m0/s1. The van der Waals surface area contributed by atoms with Crippen LogP contribution in [0.1, 0.15) is 52.2 Å². The zero-order valence-corrected chi connectivity index (χ0v) is 16.8. The summed E-state index contributed by atoms with van der Waals surface area (Å²) in [7, 11) is 1.76. The normalized spacial score (nSPS) is 17.5. The van der Waals surface area contributed by atoms with Gasteiger partial charge in [-0.1, -0.05) is 30.3 Å². The molecule has 0 aliphatic carbocycles. The monoisotopic (exact) mass is 407 g/mol. The van der Waals surface area contributed by atoms with Gasteiger partial charge >= 0.3 is 6.03 Å². The van der Waals surface area contributed by atoms with E-state index in [1.54, 1.807) is 35.2 Å². The van der Waals surface area contributed by atoms with Crippen molar-refractivity contribution in [3.63, 3.8) is 0 Å². The Morgan fingerprint density at radius 3 is 2.73 bits per heavy atom. The molecule has 0 spiro atoms. The summed E-state index contributed by atoms with van der Waals surface area (Å²) in [5.74, 6) is 0.137. The molecule has 0 radical (unpaired) electrons. The van der Waals surface area contributed by atoms with Crippen LogP contribution in [0.4, 0.5) is 4.79 Å². The van der Waals surface area contributed by atoms with Crippen molar-refractivity contribution in [3.8, 4) is 0 Å². The van der Waals surface area contributed by atoms with Gasteiger partial charge in [0.05, 0.1) is 17.5 Å². The first-order chi connectivity index (χ1) is 14.5. The Kier molecular flexibility index (Phi) is 5.56. The van der Waals surface area contributed by atoms with Crippen LogP contribution in [0.25, 0.3) is 0 Å². The maximum absolute atomic E-state index is 13.1. The number of urea groups is 1. The van der Waals surface area contributed by atoms with Gasteiger partial charge in [-0.25, -0.2) is 4.79 Å². The highest BCUT2D eigenvalue weighted by Gasteiger charge is 2.31. The number of hydrogen-bond donors (Lipinski definition) is 2. The lowest BCUT2D eigenvalue weighted by atomic mass is 9.92. The second-order valence-electron chi connectivity index (χ2n) is 7.56. The fourth-order valence-electron chi connectivity index (χ4n) is 4.02. The van der Waals surface area contributed by atoms with E-state index in [1.807, 2.05) is 36.4 Å². The van der Waals surface area contributed by atoms with Crippen LogP contribution in [-0.2, 0) is 7.05 Å². The van der Waals surface area contributed by atoms with Crippen LogP contribution in [0.3, 0.4) is 0 Å². The lowest BCUT2D eigenvalue weighted by molar-refractivity contribution is 0.0998. The molecule has 1 aliphatic rings. The number of aromatic nitrogens is 2. The molecule has 4 rings (SSSR count). The Morgan fingerprint density at radius 2 is 2.03 bits per heavy atom. The van der Waals surface area contributed by atoms with Gasteiger partial charge in [-0.15, -0.1) is 0 Å². The highest BCUT2D eigenvalue weighted by Crippen LogP contribution is 2.29. The summed E-state index contributed by atoms with van der Waals surface area (Å²) >= 11 is 0. The molecule has 2 atom stereocenters. The summed E-state index contributed by atoms with van der Waals surface area (Å²) in [6.45, 7) is 1.11. The van der Waals surface area contributed by atoms with Crippen molar-refractivity contribution in [2.24, 2.45) is 12.8 Å². The van der Waals surface area contributed by atoms with Crippen molar-refractivity contribution in [2.45, 2.75) is 24.8 Å². The van der Waals surface area contributed by atoms with Gasteiger partial charge in [-0.3, -0.25) is 9.48 Å². The second kappa shape index (κ2) is 8.44. The largest absolute Gasteiger partial charge is 0.467 e. The van der Waals surface area contributed by atoms with Crippen molar-refractivity contribution >= 4 is 11.9 Å². The number of benzene rings is 1. The van der Waals surface area contributed by atoms with Crippen LogP contribution in [0.15, 0.2) is 59.3 Å². The minimum absolute atomic E-state index is 0.0352. The lowest BCUT2D eigenvalue weighted by Crippen LogP contribution is -2.46. The van der Waals surface area contributed by atoms with Crippen LogP contribution >= 0.6 is 0 Å². The Balaban J connectivity index is 1.52. The zero-order chi connectivity index (χ0) is 21.1. The molecule has 1 saturated heterocycles. The number of carbonyl (C=O) groups excluding carboxylic acids is 2. The van der Waals surface area contributed by atoms with Crippen LogP contribution < -0.4 is 11.1 Å². The molecule has 1 aliphatic heterocycles. The van der Waals surface area contributed by atoms with E-state index < -0.39 is 5.91 Å². The topological polar surface area (TPSA) is 106 Å². The van der Waals surface area contributed by atoms with Gasteiger partial charge in [0.25, 0.3) is 5.91 Å². The van der Waals surface area contributed by atoms with E-state index in [9.17, 15) is 9.59 Å². The third-order valence-corrected chi connectivity index (χ3v) is 5.45. The van der Waals surface area contributed by atoms with Crippen LogP contribution in [-0.4, -0.2) is 39.7 Å². The number of likely N-dealkylation sites (tertiary alicyclic amines) is 1. The first-order valence-electron chi connectivity index (χ1n) is 10.00. The maximum Gasteiger partial charge on any atom is 0.318 e. The molecular weight excluding hydrogens is 382 g/mol. The summed E-state index contributed by atoms with van der Waals surface area (Å²) in [4.78, 5) is 26.7. The molecule has 1 fully saturated rings. The van der Waals surface area contributed by atoms with Gasteiger partial charge in [0, 0.05) is 32.3 Å². The minimum atomic E-state index is -0.498. The van der Waals surface area contributed by atoms with E-state index in [2.05, 4.69) is 10.4 Å². The molecule has 3 heterocycles. The number of amides is 3. The van der Waals surface area contributed by atoms with E-state index >= 15 is 0 Å². The predicted molar refractivity (Wildman–Crippen MR) is 111 cm³/mol. The molecule has 0 saturated carbocycles. The van der Waals surface area contributed by atoms with Gasteiger partial charge in [-0.2, -0.15) is 5.10 Å². The predicted octanol–water partition coefficient (Wildman–Crippen LogP) is 2.79. The lowest BCUT2D eigenvalue weighted by Gasteiger charge is -2.33. The molecule has 3 aromatic rings. The zero-order valence-electron chi connectivity index (χ0n) is 16.8. The van der Waals surface area contributed by atoms with Crippen LogP contribution in [0, 0.1) is 0 Å². The number of rotatable bonds is 5. The smallest absolute Gasteiger partial charge is 0.318 e. The highest BCUT2D eigenvalue weighted by molar-refractivity contribution is 5.93. The first kappa shape index (κ1) is 19.8. The number of furan rings is 1. The number of piperidine rings is 1. The minimum Gasteiger partial charge on any atom is -0.467 e.